The highest BCUT2D eigenvalue weighted by atomic mass is 16.4. The molecule has 0 aromatic carbocycles. The SMILES string of the molecule is Cc1cnc(CNC(=O)C2Cc3nc[nH]c3CN2)o1. The maximum Gasteiger partial charge on any atom is 0.237 e. The van der Waals surface area contributed by atoms with E-state index in [1.54, 1.807) is 12.5 Å². The molecule has 2 aromatic rings. The van der Waals surface area contributed by atoms with Crippen LogP contribution in [0.3, 0.4) is 0 Å². The van der Waals surface area contributed by atoms with Crippen LogP contribution < -0.4 is 10.6 Å². The van der Waals surface area contributed by atoms with Crippen molar-refractivity contribution in [3.63, 3.8) is 0 Å². The van der Waals surface area contributed by atoms with Gasteiger partial charge in [0.1, 0.15) is 5.76 Å². The topological polar surface area (TPSA) is 95.8 Å². The molecular weight excluding hydrogens is 246 g/mol. The quantitative estimate of drug-likeness (QED) is 0.725. The van der Waals surface area contributed by atoms with Crippen molar-refractivity contribution in [2.24, 2.45) is 0 Å². The average molecular weight is 261 g/mol. The Hall–Kier alpha value is -2.15. The first kappa shape index (κ1) is 11.9. The number of fused-ring (bicyclic) bond motifs is 1. The molecule has 0 radical (unpaired) electrons. The molecule has 100 valence electrons. The van der Waals surface area contributed by atoms with Gasteiger partial charge in [0.15, 0.2) is 0 Å². The second-order valence-electron chi connectivity index (χ2n) is 4.55. The van der Waals surface area contributed by atoms with Gasteiger partial charge in [-0.2, -0.15) is 0 Å². The molecule has 0 saturated heterocycles. The molecule has 7 nitrogen and oxygen atoms in total. The van der Waals surface area contributed by atoms with Crippen LogP contribution in [0.1, 0.15) is 23.0 Å². The number of aromatic nitrogens is 3. The minimum atomic E-state index is -0.258. The zero-order chi connectivity index (χ0) is 13.2. The smallest absolute Gasteiger partial charge is 0.237 e. The molecule has 0 fully saturated rings. The Kier molecular flexibility index (Phi) is 3.04. The van der Waals surface area contributed by atoms with Crippen LogP contribution in [-0.2, 0) is 24.3 Å². The molecule has 1 amide bonds. The summed E-state index contributed by atoms with van der Waals surface area (Å²) in [7, 11) is 0. The summed E-state index contributed by atoms with van der Waals surface area (Å²) >= 11 is 0. The number of imidazole rings is 1. The van der Waals surface area contributed by atoms with Crippen LogP contribution in [0.25, 0.3) is 0 Å². The number of carbonyl (C=O) groups is 1. The largest absolute Gasteiger partial charge is 0.444 e. The Morgan fingerprint density at radius 3 is 3.26 bits per heavy atom. The van der Waals surface area contributed by atoms with Gasteiger partial charge in [-0.1, -0.05) is 0 Å². The fourth-order valence-corrected chi connectivity index (χ4v) is 2.12. The molecule has 2 aromatic heterocycles. The van der Waals surface area contributed by atoms with E-state index >= 15 is 0 Å². The number of aromatic amines is 1. The van der Waals surface area contributed by atoms with Crippen LogP contribution >= 0.6 is 0 Å². The highest BCUT2D eigenvalue weighted by Gasteiger charge is 2.25. The maximum atomic E-state index is 12.0. The van der Waals surface area contributed by atoms with Crippen LogP contribution in [0, 0.1) is 6.92 Å². The van der Waals surface area contributed by atoms with E-state index in [0.717, 1.165) is 17.1 Å². The molecule has 3 heterocycles. The molecular formula is C12H15N5O2. The Labute approximate surface area is 109 Å². The minimum Gasteiger partial charge on any atom is -0.444 e. The molecule has 19 heavy (non-hydrogen) atoms. The average Bonchev–Trinajstić information content (AvgIpc) is 3.03. The van der Waals surface area contributed by atoms with Crippen molar-refractivity contribution in [3.05, 3.63) is 35.6 Å². The molecule has 0 bridgehead atoms. The normalized spacial score (nSPS) is 18.1. The summed E-state index contributed by atoms with van der Waals surface area (Å²) in [4.78, 5) is 23.3. The van der Waals surface area contributed by atoms with Crippen molar-refractivity contribution < 1.29 is 9.21 Å². The van der Waals surface area contributed by atoms with E-state index in [1.807, 2.05) is 6.92 Å². The number of carbonyl (C=O) groups excluding carboxylic acids is 1. The van der Waals surface area contributed by atoms with Crippen LogP contribution in [0.2, 0.25) is 0 Å². The van der Waals surface area contributed by atoms with Gasteiger partial charge in [-0.05, 0) is 6.92 Å². The molecule has 7 heteroatoms. The molecule has 3 rings (SSSR count). The predicted molar refractivity (Wildman–Crippen MR) is 66.0 cm³/mol. The number of rotatable bonds is 3. The van der Waals surface area contributed by atoms with Gasteiger partial charge >= 0.3 is 0 Å². The van der Waals surface area contributed by atoms with E-state index in [1.165, 1.54) is 0 Å². The van der Waals surface area contributed by atoms with Crippen LogP contribution in [-0.4, -0.2) is 26.9 Å². The van der Waals surface area contributed by atoms with E-state index < -0.39 is 0 Å². The van der Waals surface area contributed by atoms with E-state index in [2.05, 4.69) is 25.6 Å². The Balaban J connectivity index is 1.57. The number of aryl methyl sites for hydroxylation is 1. The zero-order valence-corrected chi connectivity index (χ0v) is 10.6. The van der Waals surface area contributed by atoms with Gasteiger partial charge < -0.3 is 14.7 Å². The predicted octanol–water partition coefficient (Wildman–Crippen LogP) is 0.0368. The lowest BCUT2D eigenvalue weighted by molar-refractivity contribution is -0.123. The molecule has 0 spiro atoms. The fraction of sp³-hybridized carbons (Fsp3) is 0.417. The van der Waals surface area contributed by atoms with E-state index in [0.29, 0.717) is 25.4 Å². The van der Waals surface area contributed by atoms with E-state index in [-0.39, 0.29) is 11.9 Å². The number of nitrogens with one attached hydrogen (secondary N) is 3. The third-order valence-corrected chi connectivity index (χ3v) is 3.13. The Morgan fingerprint density at radius 2 is 2.47 bits per heavy atom. The molecule has 1 aliphatic rings. The molecule has 1 atom stereocenters. The number of hydrogen-bond donors (Lipinski definition) is 3. The first-order valence-corrected chi connectivity index (χ1v) is 6.16. The number of oxazole rings is 1. The number of hydrogen-bond acceptors (Lipinski definition) is 5. The van der Waals surface area contributed by atoms with Crippen molar-refractivity contribution in [2.75, 3.05) is 0 Å². The second-order valence-corrected chi connectivity index (χ2v) is 4.55. The third kappa shape index (κ3) is 2.50. The van der Waals surface area contributed by atoms with Crippen LogP contribution in [0.4, 0.5) is 0 Å². The van der Waals surface area contributed by atoms with Crippen LogP contribution in [0.15, 0.2) is 16.9 Å². The number of H-pyrrole nitrogens is 1. The second kappa shape index (κ2) is 4.85. The summed E-state index contributed by atoms with van der Waals surface area (Å²) in [5, 5.41) is 5.98. The van der Waals surface area contributed by atoms with Crippen molar-refractivity contribution in [1.29, 1.82) is 0 Å². The highest BCUT2D eigenvalue weighted by Crippen LogP contribution is 2.12. The van der Waals surface area contributed by atoms with Gasteiger partial charge in [-0.3, -0.25) is 10.1 Å². The Morgan fingerprint density at radius 1 is 1.58 bits per heavy atom. The lowest BCUT2D eigenvalue weighted by Crippen LogP contribution is -2.47. The summed E-state index contributed by atoms with van der Waals surface area (Å²) in [6.07, 6.45) is 3.88. The van der Waals surface area contributed by atoms with Crippen molar-refractivity contribution >= 4 is 5.91 Å². The van der Waals surface area contributed by atoms with Gasteiger partial charge in [0, 0.05) is 13.0 Å². The summed E-state index contributed by atoms with van der Waals surface area (Å²) in [5.74, 6) is 1.19. The molecule has 0 aliphatic carbocycles. The van der Waals surface area contributed by atoms with E-state index in [9.17, 15) is 4.79 Å². The summed E-state index contributed by atoms with van der Waals surface area (Å²) < 4.78 is 5.30. The zero-order valence-electron chi connectivity index (χ0n) is 10.6. The minimum absolute atomic E-state index is 0.0653. The first-order valence-electron chi connectivity index (χ1n) is 6.16. The van der Waals surface area contributed by atoms with Crippen molar-refractivity contribution in [1.82, 2.24) is 25.6 Å². The van der Waals surface area contributed by atoms with E-state index in [4.69, 9.17) is 4.42 Å². The van der Waals surface area contributed by atoms with Gasteiger partial charge in [-0.25, -0.2) is 9.97 Å². The van der Waals surface area contributed by atoms with Crippen molar-refractivity contribution in [2.45, 2.75) is 32.5 Å². The fourth-order valence-electron chi connectivity index (χ4n) is 2.12. The lowest BCUT2D eigenvalue weighted by Gasteiger charge is -2.21. The summed E-state index contributed by atoms with van der Waals surface area (Å²) in [5.41, 5.74) is 2.00. The number of nitrogens with zero attached hydrogens (tertiary/aromatic N) is 2. The standard InChI is InChI=1S/C12H15N5O2/c1-7-3-14-11(19-7)5-15-12(18)9-2-8-10(4-13-9)17-6-16-8/h3,6,9,13H,2,4-5H2,1H3,(H,15,18)(H,16,17). The first-order chi connectivity index (χ1) is 9.22. The highest BCUT2D eigenvalue weighted by molar-refractivity contribution is 5.82. The van der Waals surface area contributed by atoms with Crippen molar-refractivity contribution in [3.8, 4) is 0 Å². The van der Waals surface area contributed by atoms with Crippen LogP contribution in [0.5, 0.6) is 0 Å². The van der Waals surface area contributed by atoms with Gasteiger partial charge in [0.05, 0.1) is 36.5 Å². The third-order valence-electron chi connectivity index (χ3n) is 3.13. The van der Waals surface area contributed by atoms with Gasteiger partial charge in [0.25, 0.3) is 0 Å². The molecule has 1 aliphatic heterocycles. The molecule has 3 N–H and O–H groups in total. The van der Waals surface area contributed by atoms with Gasteiger partial charge in [-0.15, -0.1) is 0 Å². The molecule has 0 saturated carbocycles. The summed E-state index contributed by atoms with van der Waals surface area (Å²) in [6.45, 7) is 2.75. The monoisotopic (exact) mass is 261 g/mol. The summed E-state index contributed by atoms with van der Waals surface area (Å²) in [6, 6.07) is -0.258. The maximum absolute atomic E-state index is 12.0. The Bertz CT molecular complexity index is 588. The van der Waals surface area contributed by atoms with Gasteiger partial charge in [0.2, 0.25) is 11.8 Å². The molecule has 1 unspecified atom stereocenters. The lowest BCUT2D eigenvalue weighted by atomic mass is 10.0. The number of amides is 1.